The third kappa shape index (κ3) is 4.42. The van der Waals surface area contributed by atoms with Gasteiger partial charge in [-0.1, -0.05) is 25.4 Å². The lowest BCUT2D eigenvalue weighted by atomic mass is 9.83. The number of carbonyl (C=O) groups is 1. The maximum Gasteiger partial charge on any atom is 0.309 e. The van der Waals surface area contributed by atoms with Crippen LogP contribution in [0.5, 0.6) is 0 Å². The molecule has 20 heavy (non-hydrogen) atoms. The van der Waals surface area contributed by atoms with Gasteiger partial charge >= 0.3 is 5.97 Å². The summed E-state index contributed by atoms with van der Waals surface area (Å²) < 4.78 is 18.0. The van der Waals surface area contributed by atoms with Crippen LogP contribution in [0.15, 0.2) is 18.3 Å². The number of hydrogen-bond donors (Lipinski definition) is 1. The van der Waals surface area contributed by atoms with Crippen molar-refractivity contribution in [2.24, 2.45) is 5.73 Å². The Morgan fingerprint density at radius 3 is 2.90 bits per heavy atom. The number of ether oxygens (including phenoxy) is 1. The van der Waals surface area contributed by atoms with E-state index >= 15 is 0 Å². The Labute approximate surface area is 123 Å². The van der Waals surface area contributed by atoms with Crippen LogP contribution in [-0.2, 0) is 14.9 Å². The van der Waals surface area contributed by atoms with Crippen LogP contribution in [0.1, 0.15) is 38.8 Å². The standard InChI is InChI=1S/C14H20ClFN2O2/c1-3-5-11(16)20-12(19)8-14(2,9-17)13-10(15)6-4-7-18-13/h4,6-7,11H,3,5,8-9,17H2,1-2H3. The molecule has 0 spiro atoms. The maximum atomic E-state index is 13.3. The van der Waals surface area contributed by atoms with Gasteiger partial charge in [0.05, 0.1) is 17.1 Å². The smallest absolute Gasteiger partial charge is 0.309 e. The zero-order valence-corrected chi connectivity index (χ0v) is 12.5. The molecule has 0 amide bonds. The van der Waals surface area contributed by atoms with Crippen LogP contribution in [-0.4, -0.2) is 23.9 Å². The molecule has 0 bridgehead atoms. The van der Waals surface area contributed by atoms with Gasteiger partial charge in [0.25, 0.3) is 0 Å². The highest BCUT2D eigenvalue weighted by Crippen LogP contribution is 2.31. The van der Waals surface area contributed by atoms with E-state index in [1.807, 2.05) is 6.92 Å². The SMILES string of the molecule is CCCC(F)OC(=O)CC(C)(CN)c1ncccc1Cl. The van der Waals surface area contributed by atoms with Crippen LogP contribution in [0.4, 0.5) is 4.39 Å². The minimum absolute atomic E-state index is 0.0651. The van der Waals surface area contributed by atoms with Gasteiger partial charge in [-0.15, -0.1) is 0 Å². The molecule has 112 valence electrons. The second kappa shape index (κ2) is 7.55. The molecule has 1 aromatic rings. The highest BCUT2D eigenvalue weighted by Gasteiger charge is 2.33. The van der Waals surface area contributed by atoms with Crippen molar-refractivity contribution in [3.8, 4) is 0 Å². The molecule has 2 atom stereocenters. The Morgan fingerprint density at radius 1 is 1.65 bits per heavy atom. The lowest BCUT2D eigenvalue weighted by molar-refractivity contribution is -0.159. The first-order valence-corrected chi connectivity index (χ1v) is 6.95. The molecule has 0 aliphatic rings. The van der Waals surface area contributed by atoms with Crippen LogP contribution in [0, 0.1) is 0 Å². The van der Waals surface area contributed by atoms with Crippen molar-refractivity contribution in [1.29, 1.82) is 0 Å². The second-order valence-corrected chi connectivity index (χ2v) is 5.37. The van der Waals surface area contributed by atoms with Gasteiger partial charge in [0.15, 0.2) is 0 Å². The molecule has 0 radical (unpaired) electrons. The van der Waals surface area contributed by atoms with E-state index < -0.39 is 17.7 Å². The normalized spacial score (nSPS) is 15.4. The minimum Gasteiger partial charge on any atom is -0.431 e. The van der Waals surface area contributed by atoms with Gasteiger partial charge in [-0.3, -0.25) is 9.78 Å². The number of halogens is 2. The van der Waals surface area contributed by atoms with Crippen LogP contribution in [0.2, 0.25) is 5.02 Å². The topological polar surface area (TPSA) is 65.2 Å². The van der Waals surface area contributed by atoms with Crippen LogP contribution < -0.4 is 5.73 Å². The van der Waals surface area contributed by atoms with Crippen molar-refractivity contribution in [1.82, 2.24) is 4.98 Å². The van der Waals surface area contributed by atoms with Gasteiger partial charge in [-0.25, -0.2) is 4.39 Å². The van der Waals surface area contributed by atoms with E-state index in [1.54, 1.807) is 25.3 Å². The predicted molar refractivity (Wildman–Crippen MR) is 76.2 cm³/mol. The highest BCUT2D eigenvalue weighted by molar-refractivity contribution is 6.31. The number of pyridine rings is 1. The first kappa shape index (κ1) is 16.9. The van der Waals surface area contributed by atoms with E-state index in [9.17, 15) is 9.18 Å². The summed E-state index contributed by atoms with van der Waals surface area (Å²) in [7, 11) is 0. The Bertz CT molecular complexity index is 459. The van der Waals surface area contributed by atoms with E-state index in [-0.39, 0.29) is 19.4 Å². The average molecular weight is 303 g/mol. The fourth-order valence-electron chi connectivity index (χ4n) is 1.87. The lowest BCUT2D eigenvalue weighted by Crippen LogP contribution is -2.36. The molecular weight excluding hydrogens is 283 g/mol. The Hall–Kier alpha value is -1.20. The first-order chi connectivity index (χ1) is 9.42. The molecule has 1 rings (SSSR count). The van der Waals surface area contributed by atoms with E-state index in [1.165, 1.54) is 0 Å². The number of rotatable bonds is 7. The number of nitrogens with two attached hydrogens (primary N) is 1. The molecule has 6 heteroatoms. The van der Waals surface area contributed by atoms with E-state index in [4.69, 9.17) is 22.1 Å². The molecule has 0 aromatic carbocycles. The summed E-state index contributed by atoms with van der Waals surface area (Å²) in [4.78, 5) is 16.0. The number of esters is 1. The zero-order chi connectivity index (χ0) is 15.2. The van der Waals surface area contributed by atoms with E-state index in [0.717, 1.165) is 0 Å². The van der Waals surface area contributed by atoms with Crippen molar-refractivity contribution < 1.29 is 13.9 Å². The van der Waals surface area contributed by atoms with Crippen LogP contribution in [0.25, 0.3) is 0 Å². The molecule has 2 N–H and O–H groups in total. The maximum absolute atomic E-state index is 13.3. The number of aromatic nitrogens is 1. The van der Waals surface area contributed by atoms with Crippen molar-refractivity contribution in [3.63, 3.8) is 0 Å². The number of carbonyl (C=O) groups excluding carboxylic acids is 1. The average Bonchev–Trinajstić information content (AvgIpc) is 2.38. The molecule has 0 saturated carbocycles. The molecule has 0 fully saturated rings. The van der Waals surface area contributed by atoms with Crippen molar-refractivity contribution in [3.05, 3.63) is 29.0 Å². The summed E-state index contributed by atoms with van der Waals surface area (Å²) in [6, 6.07) is 3.37. The summed E-state index contributed by atoms with van der Waals surface area (Å²) in [5.41, 5.74) is 5.49. The third-order valence-corrected chi connectivity index (χ3v) is 3.40. The molecule has 1 aromatic heterocycles. The molecule has 0 aliphatic heterocycles. The van der Waals surface area contributed by atoms with Gasteiger partial charge in [0, 0.05) is 24.6 Å². The number of hydrogen-bond acceptors (Lipinski definition) is 4. The predicted octanol–water partition coefficient (Wildman–Crippen LogP) is 2.98. The molecule has 4 nitrogen and oxygen atoms in total. The molecular formula is C14H20ClFN2O2. The summed E-state index contributed by atoms with van der Waals surface area (Å²) in [6.45, 7) is 3.73. The first-order valence-electron chi connectivity index (χ1n) is 6.57. The molecule has 1 heterocycles. The summed E-state index contributed by atoms with van der Waals surface area (Å²) in [5, 5.41) is 0.429. The van der Waals surface area contributed by atoms with Crippen molar-refractivity contribution in [2.45, 2.75) is 44.9 Å². The van der Waals surface area contributed by atoms with Gasteiger partial charge < -0.3 is 10.5 Å². The second-order valence-electron chi connectivity index (χ2n) is 4.96. The highest BCUT2D eigenvalue weighted by atomic mass is 35.5. The fraction of sp³-hybridized carbons (Fsp3) is 0.571. The summed E-state index contributed by atoms with van der Waals surface area (Å²) >= 11 is 6.08. The Kier molecular flexibility index (Phi) is 6.36. The molecule has 2 unspecified atom stereocenters. The van der Waals surface area contributed by atoms with Gasteiger partial charge in [-0.2, -0.15) is 0 Å². The van der Waals surface area contributed by atoms with Crippen LogP contribution in [0.3, 0.4) is 0 Å². The quantitative estimate of drug-likeness (QED) is 0.786. The summed E-state index contributed by atoms with van der Waals surface area (Å²) in [5.74, 6) is -0.638. The third-order valence-electron chi connectivity index (χ3n) is 3.09. The van der Waals surface area contributed by atoms with E-state index in [0.29, 0.717) is 17.1 Å². The fourth-order valence-corrected chi connectivity index (χ4v) is 2.22. The Balaban J connectivity index is 2.80. The van der Waals surface area contributed by atoms with E-state index in [2.05, 4.69) is 4.98 Å². The van der Waals surface area contributed by atoms with Gasteiger partial charge in [0.2, 0.25) is 6.36 Å². The number of alkyl halides is 1. The monoisotopic (exact) mass is 302 g/mol. The largest absolute Gasteiger partial charge is 0.431 e. The lowest BCUT2D eigenvalue weighted by Gasteiger charge is -2.27. The molecule has 0 saturated heterocycles. The van der Waals surface area contributed by atoms with Crippen LogP contribution >= 0.6 is 11.6 Å². The van der Waals surface area contributed by atoms with Crippen molar-refractivity contribution in [2.75, 3.05) is 6.54 Å². The number of nitrogens with zero attached hydrogens (tertiary/aromatic N) is 1. The minimum atomic E-state index is -1.58. The van der Waals surface area contributed by atoms with Gasteiger partial charge in [-0.05, 0) is 18.6 Å². The van der Waals surface area contributed by atoms with Crippen molar-refractivity contribution >= 4 is 17.6 Å². The zero-order valence-electron chi connectivity index (χ0n) is 11.7. The van der Waals surface area contributed by atoms with Gasteiger partial charge in [0.1, 0.15) is 0 Å². The molecule has 0 aliphatic carbocycles. The summed E-state index contributed by atoms with van der Waals surface area (Å²) in [6.07, 6.45) is 0.734. The Morgan fingerprint density at radius 2 is 2.35 bits per heavy atom.